The van der Waals surface area contributed by atoms with Crippen LogP contribution >= 0.6 is 11.3 Å². The van der Waals surface area contributed by atoms with Crippen LogP contribution in [0.3, 0.4) is 0 Å². The van der Waals surface area contributed by atoms with E-state index in [2.05, 4.69) is 26.4 Å². The van der Waals surface area contributed by atoms with Crippen molar-refractivity contribution in [3.05, 3.63) is 41.6 Å². The molecule has 2 aromatic heterocycles. The maximum atomic E-state index is 13.5. The predicted molar refractivity (Wildman–Crippen MR) is 159 cm³/mol. The lowest BCUT2D eigenvalue weighted by Gasteiger charge is -2.45. The Hall–Kier alpha value is -4.37. The fourth-order valence-corrected chi connectivity index (χ4v) is 6.25. The summed E-state index contributed by atoms with van der Waals surface area (Å²) in [6.07, 6.45) is 1.48. The highest BCUT2D eigenvalue weighted by molar-refractivity contribution is 7.21. The Kier molecular flexibility index (Phi) is 7.25. The molecule has 1 N–H and O–H groups in total. The number of rotatable bonds is 4. The monoisotopic (exact) mass is 575 g/mol. The molecule has 2 atom stereocenters. The van der Waals surface area contributed by atoms with Crippen LogP contribution in [-0.4, -0.2) is 69.5 Å². The number of methoxy groups -OCH3 is 1. The Balaban J connectivity index is 1.45. The molecular weight excluding hydrogens is 542 g/mol. The van der Waals surface area contributed by atoms with Gasteiger partial charge in [0.15, 0.2) is 0 Å². The summed E-state index contributed by atoms with van der Waals surface area (Å²) in [6, 6.07) is 9.05. The molecular formula is C29H33N7O4S. The molecule has 2 aromatic carbocycles. The third-order valence-corrected chi connectivity index (χ3v) is 7.93. The van der Waals surface area contributed by atoms with E-state index in [4.69, 9.17) is 9.47 Å². The second kappa shape index (κ2) is 10.6. The van der Waals surface area contributed by atoms with Crippen LogP contribution in [0.2, 0.25) is 0 Å². The van der Waals surface area contributed by atoms with Crippen LogP contribution < -0.4 is 15.0 Å². The molecule has 0 spiro atoms. The van der Waals surface area contributed by atoms with Crippen molar-refractivity contribution in [1.82, 2.24) is 19.7 Å². The van der Waals surface area contributed by atoms with Gasteiger partial charge in [-0.25, -0.2) is 9.78 Å². The number of nitriles is 1. The number of carbonyl (C=O) groups excluding carboxylic acids is 2. The summed E-state index contributed by atoms with van der Waals surface area (Å²) in [5, 5.41) is 18.1. The topological polar surface area (TPSA) is 126 Å². The first-order valence-corrected chi connectivity index (χ1v) is 14.1. The molecule has 0 saturated carbocycles. The zero-order valence-electron chi connectivity index (χ0n) is 24.2. The van der Waals surface area contributed by atoms with Gasteiger partial charge in [-0.05, 0) is 58.9 Å². The van der Waals surface area contributed by atoms with E-state index in [1.165, 1.54) is 11.3 Å². The molecule has 4 aromatic rings. The lowest BCUT2D eigenvalue weighted by Crippen LogP contribution is -2.59. The minimum Gasteiger partial charge on any atom is -0.473 e. The average molecular weight is 576 g/mol. The second-order valence-electron chi connectivity index (χ2n) is 11.3. The number of amides is 2. The zero-order chi connectivity index (χ0) is 29.6. The summed E-state index contributed by atoms with van der Waals surface area (Å²) in [5.74, 6) is -0.349. The third kappa shape index (κ3) is 5.50. The summed E-state index contributed by atoms with van der Waals surface area (Å²) in [4.78, 5) is 35.1. The zero-order valence-corrected chi connectivity index (χ0v) is 25.0. The average Bonchev–Trinajstić information content (AvgIpc) is 3.48. The third-order valence-electron chi connectivity index (χ3n) is 6.89. The van der Waals surface area contributed by atoms with E-state index in [9.17, 15) is 14.9 Å². The van der Waals surface area contributed by atoms with Crippen molar-refractivity contribution in [1.29, 1.82) is 5.26 Å². The van der Waals surface area contributed by atoms with Crippen molar-refractivity contribution in [2.75, 3.05) is 30.4 Å². The maximum Gasteiger partial charge on any atom is 0.410 e. The first-order valence-electron chi connectivity index (χ1n) is 13.3. The number of nitrogens with zero attached hydrogens (tertiary/aromatic N) is 6. The lowest BCUT2D eigenvalue weighted by atomic mass is 10.1. The van der Waals surface area contributed by atoms with Gasteiger partial charge in [0, 0.05) is 37.4 Å². The van der Waals surface area contributed by atoms with Gasteiger partial charge in [0.1, 0.15) is 22.7 Å². The largest absolute Gasteiger partial charge is 0.473 e. The van der Waals surface area contributed by atoms with Crippen LogP contribution in [0.15, 0.2) is 30.5 Å². The number of anilines is 2. The van der Waals surface area contributed by atoms with Gasteiger partial charge < -0.3 is 19.7 Å². The Morgan fingerprint density at radius 2 is 1.85 bits per heavy atom. The molecule has 0 bridgehead atoms. The van der Waals surface area contributed by atoms with Crippen molar-refractivity contribution >= 4 is 55.8 Å². The van der Waals surface area contributed by atoms with Crippen LogP contribution in [0.5, 0.6) is 5.19 Å². The van der Waals surface area contributed by atoms with Gasteiger partial charge in [-0.1, -0.05) is 11.3 Å². The molecule has 1 aliphatic heterocycles. The SMILES string of the molecule is COc1nc2c(C(=O)Nc3cc(C#N)c4nn(C)cc4c3)ccc(N3C[C@H](C)N(C(=O)OC(C)(C)C)[C@@H](C)C3)c2s1. The highest BCUT2D eigenvalue weighted by Crippen LogP contribution is 2.39. The number of carbonyl (C=O) groups is 2. The number of fused-ring (bicyclic) bond motifs is 2. The van der Waals surface area contributed by atoms with Crippen LogP contribution in [0.4, 0.5) is 16.2 Å². The van der Waals surface area contributed by atoms with Crippen molar-refractivity contribution in [3.8, 4) is 11.3 Å². The van der Waals surface area contributed by atoms with Gasteiger partial charge in [-0.2, -0.15) is 10.4 Å². The Morgan fingerprint density at radius 1 is 1.15 bits per heavy atom. The molecule has 0 aliphatic carbocycles. The maximum absolute atomic E-state index is 13.5. The number of hydrogen-bond donors (Lipinski definition) is 1. The molecule has 1 fully saturated rings. The summed E-state index contributed by atoms with van der Waals surface area (Å²) in [7, 11) is 3.33. The van der Waals surface area contributed by atoms with Crippen LogP contribution in [-0.2, 0) is 11.8 Å². The Morgan fingerprint density at radius 3 is 2.49 bits per heavy atom. The van der Waals surface area contributed by atoms with Crippen molar-refractivity contribution in [2.24, 2.45) is 7.05 Å². The first-order chi connectivity index (χ1) is 19.4. The molecule has 0 unspecified atom stereocenters. The van der Waals surface area contributed by atoms with E-state index < -0.39 is 5.60 Å². The van der Waals surface area contributed by atoms with E-state index in [1.807, 2.05) is 40.7 Å². The molecule has 1 aliphatic rings. The molecule has 0 radical (unpaired) electrons. The molecule has 5 rings (SSSR count). The molecule has 2 amide bonds. The van der Waals surface area contributed by atoms with E-state index in [0.29, 0.717) is 46.1 Å². The number of nitrogens with one attached hydrogen (secondary N) is 1. The number of hydrogen-bond acceptors (Lipinski definition) is 9. The van der Waals surface area contributed by atoms with E-state index in [1.54, 1.807) is 48.1 Å². The first kappa shape index (κ1) is 28.2. The van der Waals surface area contributed by atoms with Gasteiger partial charge in [0.2, 0.25) is 0 Å². The van der Waals surface area contributed by atoms with Gasteiger partial charge in [-0.15, -0.1) is 0 Å². The van der Waals surface area contributed by atoms with E-state index in [-0.39, 0.29) is 24.1 Å². The van der Waals surface area contributed by atoms with Crippen LogP contribution in [0.25, 0.3) is 21.1 Å². The minimum absolute atomic E-state index is 0.0989. The highest BCUT2D eigenvalue weighted by atomic mass is 32.1. The number of aryl methyl sites for hydroxylation is 1. The quantitative estimate of drug-likeness (QED) is 0.354. The smallest absolute Gasteiger partial charge is 0.410 e. The van der Waals surface area contributed by atoms with Gasteiger partial charge >= 0.3 is 6.09 Å². The summed E-state index contributed by atoms with van der Waals surface area (Å²) in [6.45, 7) is 10.8. The number of thiazole rings is 1. The Bertz CT molecular complexity index is 1690. The van der Waals surface area contributed by atoms with Crippen molar-refractivity contribution in [2.45, 2.75) is 52.3 Å². The van der Waals surface area contributed by atoms with E-state index >= 15 is 0 Å². The number of ether oxygens (including phenoxy) is 2. The fourth-order valence-electron chi connectivity index (χ4n) is 5.30. The summed E-state index contributed by atoms with van der Waals surface area (Å²) < 4.78 is 13.6. The lowest BCUT2D eigenvalue weighted by molar-refractivity contribution is 0.00567. The molecule has 1 saturated heterocycles. The molecule has 12 heteroatoms. The molecule has 3 heterocycles. The fraction of sp³-hybridized carbons (Fsp3) is 0.414. The van der Waals surface area contributed by atoms with Crippen LogP contribution in [0, 0.1) is 11.3 Å². The number of aromatic nitrogens is 3. The van der Waals surface area contributed by atoms with Crippen LogP contribution in [0.1, 0.15) is 50.5 Å². The van der Waals surface area contributed by atoms with Crippen molar-refractivity contribution in [3.63, 3.8) is 0 Å². The van der Waals surface area contributed by atoms with Gasteiger partial charge in [0.05, 0.1) is 40.7 Å². The predicted octanol–water partition coefficient (Wildman–Crippen LogP) is 5.15. The molecule has 214 valence electrons. The minimum atomic E-state index is -0.574. The molecule has 11 nitrogen and oxygen atoms in total. The highest BCUT2D eigenvalue weighted by Gasteiger charge is 2.36. The Labute approximate surface area is 242 Å². The second-order valence-corrected chi connectivity index (χ2v) is 12.3. The summed E-state index contributed by atoms with van der Waals surface area (Å²) in [5.41, 5.74) is 2.72. The standard InChI is InChI=1S/C29H33N7O4S/c1-16-13-35(14-17(2)36(16)28(38)40-29(3,4)5)22-9-8-21(24-25(22)41-27(32-24)39-7)26(37)31-20-10-18(12-30)23-19(11-20)15-34(6)33-23/h8-11,15-17H,13-14H2,1-7H3,(H,31,37)/t16-,17-/m0/s1. The summed E-state index contributed by atoms with van der Waals surface area (Å²) >= 11 is 1.37. The van der Waals surface area contributed by atoms with Gasteiger partial charge in [0.25, 0.3) is 11.1 Å². The van der Waals surface area contributed by atoms with Gasteiger partial charge in [-0.3, -0.25) is 14.4 Å². The van der Waals surface area contributed by atoms with E-state index in [0.717, 1.165) is 15.8 Å². The number of benzene rings is 2. The van der Waals surface area contributed by atoms with Crippen molar-refractivity contribution < 1.29 is 19.1 Å². The number of piperazine rings is 1. The molecule has 41 heavy (non-hydrogen) atoms. The normalized spacial score (nSPS) is 17.5.